The quantitative estimate of drug-likeness (QED) is 0.898. The lowest BCUT2D eigenvalue weighted by atomic mass is 10.4. The van der Waals surface area contributed by atoms with Crippen molar-refractivity contribution < 1.29 is 17.9 Å². The Hall–Kier alpha value is -0.980. The number of hydrogen-bond donors (Lipinski definition) is 1. The number of alkyl halides is 3. The Morgan fingerprint density at radius 2 is 2.14 bits per heavy atom. The van der Waals surface area contributed by atoms with E-state index in [4.69, 9.17) is 5.73 Å². The van der Waals surface area contributed by atoms with Crippen LogP contribution in [0.3, 0.4) is 0 Å². The average molecular weight is 271 g/mol. The van der Waals surface area contributed by atoms with Crippen LogP contribution in [0.4, 0.5) is 18.9 Å². The maximum absolute atomic E-state index is 11.7. The highest BCUT2D eigenvalue weighted by Crippen LogP contribution is 2.24. The lowest BCUT2D eigenvalue weighted by Gasteiger charge is -2.09. The summed E-state index contributed by atoms with van der Waals surface area (Å²) in [6.45, 7) is -1.40. The Morgan fingerprint density at radius 3 is 2.64 bits per heavy atom. The molecule has 0 bridgehead atoms. The number of halogens is 4. The third-order valence-corrected chi connectivity index (χ3v) is 1.65. The van der Waals surface area contributed by atoms with Crippen molar-refractivity contribution in [3.8, 4) is 5.88 Å². The average Bonchev–Trinajstić information content (AvgIpc) is 2.00. The summed E-state index contributed by atoms with van der Waals surface area (Å²) in [5, 5.41) is 0. The van der Waals surface area contributed by atoms with E-state index < -0.39 is 12.8 Å². The number of pyridine rings is 1. The van der Waals surface area contributed by atoms with Crippen molar-refractivity contribution in [2.75, 3.05) is 12.3 Å². The van der Waals surface area contributed by atoms with Gasteiger partial charge in [-0.2, -0.15) is 13.2 Å². The highest BCUT2D eigenvalue weighted by atomic mass is 79.9. The van der Waals surface area contributed by atoms with Crippen molar-refractivity contribution in [3.05, 3.63) is 16.7 Å². The monoisotopic (exact) mass is 270 g/mol. The van der Waals surface area contributed by atoms with Gasteiger partial charge in [-0.3, -0.25) is 0 Å². The van der Waals surface area contributed by atoms with Crippen molar-refractivity contribution in [2.24, 2.45) is 0 Å². The molecule has 0 aliphatic carbocycles. The zero-order valence-corrected chi connectivity index (χ0v) is 8.39. The van der Waals surface area contributed by atoms with Crippen molar-refractivity contribution >= 4 is 21.6 Å². The summed E-state index contributed by atoms with van der Waals surface area (Å²) in [7, 11) is 0. The number of nitrogens with zero attached hydrogens (tertiary/aromatic N) is 1. The van der Waals surface area contributed by atoms with Crippen LogP contribution in [0.1, 0.15) is 0 Å². The number of ether oxygens (including phenoxy) is 1. The molecule has 0 atom stereocenters. The molecule has 0 radical (unpaired) electrons. The van der Waals surface area contributed by atoms with Crippen LogP contribution in [0.15, 0.2) is 16.7 Å². The van der Waals surface area contributed by atoms with E-state index in [0.29, 0.717) is 4.47 Å². The molecule has 0 aliphatic heterocycles. The summed E-state index contributed by atoms with van der Waals surface area (Å²) in [6, 6.07) is 1.42. The van der Waals surface area contributed by atoms with E-state index in [0.717, 1.165) is 0 Å². The van der Waals surface area contributed by atoms with Gasteiger partial charge >= 0.3 is 6.18 Å². The lowest BCUT2D eigenvalue weighted by molar-refractivity contribution is -0.153. The van der Waals surface area contributed by atoms with Gasteiger partial charge in [0.15, 0.2) is 6.61 Å². The number of nitrogens with two attached hydrogens (primary N) is 1. The third-order valence-electron chi connectivity index (χ3n) is 1.22. The number of rotatable bonds is 2. The predicted molar refractivity (Wildman–Crippen MR) is 47.9 cm³/mol. The van der Waals surface area contributed by atoms with Gasteiger partial charge in [0.25, 0.3) is 0 Å². The van der Waals surface area contributed by atoms with Crippen LogP contribution in [0.2, 0.25) is 0 Å². The first-order valence-corrected chi connectivity index (χ1v) is 4.28. The Labute approximate surface area is 86.2 Å². The molecule has 0 spiro atoms. The zero-order valence-electron chi connectivity index (χ0n) is 6.81. The molecule has 0 saturated carbocycles. The van der Waals surface area contributed by atoms with Gasteiger partial charge < -0.3 is 10.5 Å². The van der Waals surface area contributed by atoms with E-state index in [9.17, 15) is 13.2 Å². The van der Waals surface area contributed by atoms with Gasteiger partial charge in [0.1, 0.15) is 0 Å². The van der Waals surface area contributed by atoms with Crippen LogP contribution in [0, 0.1) is 0 Å². The molecule has 0 saturated heterocycles. The predicted octanol–water partition coefficient (Wildman–Crippen LogP) is 2.37. The van der Waals surface area contributed by atoms with Gasteiger partial charge in [0.05, 0.1) is 5.69 Å². The summed E-state index contributed by atoms with van der Waals surface area (Å²) in [6.07, 6.45) is -3.08. The van der Waals surface area contributed by atoms with Crippen LogP contribution >= 0.6 is 15.9 Å². The van der Waals surface area contributed by atoms with Crippen molar-refractivity contribution in [2.45, 2.75) is 6.18 Å². The lowest BCUT2D eigenvalue weighted by Crippen LogP contribution is -2.20. The Bertz CT molecular complexity index is 329. The standard InChI is InChI=1S/C7H6BrF3N2O/c8-4-1-5(12)6(13-2-4)14-3-7(9,10)11/h1-2H,3,12H2. The molecule has 78 valence electrons. The first-order chi connectivity index (χ1) is 6.38. The minimum atomic E-state index is -4.39. The zero-order chi connectivity index (χ0) is 10.8. The molecule has 1 aromatic heterocycles. The molecule has 1 rings (SSSR count). The maximum Gasteiger partial charge on any atom is 0.422 e. The number of nitrogen functional groups attached to an aromatic ring is 1. The van der Waals surface area contributed by atoms with Crippen LogP contribution in [-0.4, -0.2) is 17.8 Å². The normalized spacial score (nSPS) is 11.4. The molecular weight excluding hydrogens is 265 g/mol. The summed E-state index contributed by atoms with van der Waals surface area (Å²) in [4.78, 5) is 3.59. The smallest absolute Gasteiger partial charge is 0.422 e. The second kappa shape index (κ2) is 4.04. The first kappa shape index (κ1) is 11.1. The van der Waals surface area contributed by atoms with Gasteiger partial charge in [-0.25, -0.2) is 4.98 Å². The van der Waals surface area contributed by atoms with Gasteiger partial charge in [0.2, 0.25) is 5.88 Å². The molecule has 0 fully saturated rings. The molecule has 7 heteroatoms. The van der Waals surface area contributed by atoms with E-state index in [1.807, 2.05) is 0 Å². The van der Waals surface area contributed by atoms with E-state index in [2.05, 4.69) is 25.7 Å². The topological polar surface area (TPSA) is 48.1 Å². The molecule has 0 aromatic carbocycles. The third kappa shape index (κ3) is 3.41. The Morgan fingerprint density at radius 1 is 1.50 bits per heavy atom. The fourth-order valence-corrected chi connectivity index (χ4v) is 1.06. The molecule has 1 aromatic rings. The van der Waals surface area contributed by atoms with E-state index in [1.54, 1.807) is 0 Å². The largest absolute Gasteiger partial charge is 0.467 e. The number of hydrogen-bond acceptors (Lipinski definition) is 3. The van der Waals surface area contributed by atoms with Crippen molar-refractivity contribution in [3.63, 3.8) is 0 Å². The van der Waals surface area contributed by atoms with Crippen LogP contribution < -0.4 is 10.5 Å². The summed E-state index contributed by atoms with van der Waals surface area (Å²) < 4.78 is 40.2. The van der Waals surface area contributed by atoms with Crippen LogP contribution in [0.25, 0.3) is 0 Å². The van der Waals surface area contributed by atoms with Crippen molar-refractivity contribution in [1.82, 2.24) is 4.98 Å². The van der Waals surface area contributed by atoms with Gasteiger partial charge in [0, 0.05) is 10.7 Å². The fraction of sp³-hybridized carbons (Fsp3) is 0.286. The highest BCUT2D eigenvalue weighted by molar-refractivity contribution is 9.10. The van der Waals surface area contributed by atoms with Gasteiger partial charge in [-0.1, -0.05) is 0 Å². The minimum absolute atomic E-state index is 0.0589. The van der Waals surface area contributed by atoms with Gasteiger partial charge in [-0.05, 0) is 22.0 Å². The van der Waals surface area contributed by atoms with Crippen LogP contribution in [0.5, 0.6) is 5.88 Å². The minimum Gasteiger partial charge on any atom is -0.467 e. The fourth-order valence-electron chi connectivity index (χ4n) is 0.713. The number of aromatic nitrogens is 1. The van der Waals surface area contributed by atoms with E-state index >= 15 is 0 Å². The molecule has 14 heavy (non-hydrogen) atoms. The molecule has 0 amide bonds. The number of anilines is 1. The molecule has 0 aliphatic rings. The molecule has 1 heterocycles. The molecule has 0 unspecified atom stereocenters. The van der Waals surface area contributed by atoms with E-state index in [-0.39, 0.29) is 11.6 Å². The SMILES string of the molecule is Nc1cc(Br)cnc1OCC(F)(F)F. The molecule has 2 N–H and O–H groups in total. The molecular formula is C7H6BrF3N2O. The molecule has 3 nitrogen and oxygen atoms in total. The van der Waals surface area contributed by atoms with E-state index in [1.165, 1.54) is 12.3 Å². The highest BCUT2D eigenvalue weighted by Gasteiger charge is 2.29. The van der Waals surface area contributed by atoms with Crippen molar-refractivity contribution in [1.29, 1.82) is 0 Å². The first-order valence-electron chi connectivity index (χ1n) is 3.49. The Kier molecular flexibility index (Phi) is 3.20. The van der Waals surface area contributed by atoms with Gasteiger partial charge in [-0.15, -0.1) is 0 Å². The summed E-state index contributed by atoms with van der Waals surface area (Å²) >= 11 is 3.07. The second-order valence-corrected chi connectivity index (χ2v) is 3.37. The summed E-state index contributed by atoms with van der Waals surface area (Å²) in [5.74, 6) is -0.217. The Balaban J connectivity index is 2.68. The maximum atomic E-state index is 11.7. The van der Waals surface area contributed by atoms with Crippen LogP contribution in [-0.2, 0) is 0 Å². The second-order valence-electron chi connectivity index (χ2n) is 2.45. The summed E-state index contributed by atoms with van der Waals surface area (Å²) in [5.41, 5.74) is 5.42.